The number of halogens is 2. The highest BCUT2D eigenvalue weighted by Gasteiger charge is 2.28. The van der Waals surface area contributed by atoms with Crippen LogP contribution in [0.4, 0.5) is 14.5 Å². The monoisotopic (exact) mass is 436 g/mol. The maximum atomic E-state index is 13.9. The average molecular weight is 436 g/mol. The summed E-state index contributed by atoms with van der Waals surface area (Å²) >= 11 is 0. The minimum absolute atomic E-state index is 0.0805. The number of ether oxygens (including phenoxy) is 1. The Balaban J connectivity index is 1.59. The van der Waals surface area contributed by atoms with Gasteiger partial charge in [-0.25, -0.2) is 8.78 Å². The van der Waals surface area contributed by atoms with E-state index in [1.54, 1.807) is 23.1 Å². The molecule has 32 heavy (non-hydrogen) atoms. The normalized spacial score (nSPS) is 14.2. The lowest BCUT2D eigenvalue weighted by Gasteiger charge is -2.30. The third-order valence-electron chi connectivity index (χ3n) is 5.45. The van der Waals surface area contributed by atoms with E-state index < -0.39 is 17.5 Å². The Kier molecular flexibility index (Phi) is 6.16. The van der Waals surface area contributed by atoms with Crippen molar-refractivity contribution in [3.63, 3.8) is 0 Å². The van der Waals surface area contributed by atoms with Gasteiger partial charge in [0.1, 0.15) is 17.4 Å². The molecule has 4 rings (SSSR count). The fourth-order valence-corrected chi connectivity index (χ4v) is 3.88. The van der Waals surface area contributed by atoms with Crippen LogP contribution in [0, 0.1) is 11.6 Å². The molecule has 2 amide bonds. The molecule has 0 saturated heterocycles. The fourth-order valence-electron chi connectivity index (χ4n) is 3.88. The Morgan fingerprint density at radius 1 is 1.09 bits per heavy atom. The van der Waals surface area contributed by atoms with Crippen LogP contribution in [0.5, 0.6) is 5.75 Å². The van der Waals surface area contributed by atoms with Crippen LogP contribution in [0.1, 0.15) is 40.9 Å². The number of fused-ring (bicyclic) bond motifs is 1. The first-order valence-corrected chi connectivity index (χ1v) is 10.3. The maximum Gasteiger partial charge on any atom is 0.261 e. The number of rotatable bonds is 5. The highest BCUT2D eigenvalue weighted by molar-refractivity contribution is 6.04. The first-order valence-electron chi connectivity index (χ1n) is 10.3. The SMILES string of the molecule is CC[C@H](c1ccccc1)N1Cc2cc(NC(=O)c3ccc(F)cc3F)ccc2OCC1=O. The molecule has 0 unspecified atom stereocenters. The van der Waals surface area contributed by atoms with Gasteiger partial charge in [-0.3, -0.25) is 9.59 Å². The first kappa shape index (κ1) is 21.5. The highest BCUT2D eigenvalue weighted by atomic mass is 19.1. The van der Waals surface area contributed by atoms with Gasteiger partial charge in [-0.1, -0.05) is 37.3 Å². The number of nitrogens with one attached hydrogen (secondary N) is 1. The molecule has 0 spiro atoms. The van der Waals surface area contributed by atoms with Crippen molar-refractivity contribution >= 4 is 17.5 Å². The van der Waals surface area contributed by atoms with Gasteiger partial charge in [0.2, 0.25) is 0 Å². The predicted molar refractivity (Wildman–Crippen MR) is 116 cm³/mol. The van der Waals surface area contributed by atoms with Crippen molar-refractivity contribution < 1.29 is 23.1 Å². The van der Waals surface area contributed by atoms with Crippen LogP contribution >= 0.6 is 0 Å². The van der Waals surface area contributed by atoms with E-state index in [1.807, 2.05) is 37.3 Å². The van der Waals surface area contributed by atoms with Gasteiger partial charge in [0, 0.05) is 17.3 Å². The molecular weight excluding hydrogens is 414 g/mol. The van der Waals surface area contributed by atoms with Crippen molar-refractivity contribution in [1.82, 2.24) is 4.90 Å². The number of benzene rings is 3. The largest absolute Gasteiger partial charge is 0.483 e. The summed E-state index contributed by atoms with van der Waals surface area (Å²) in [7, 11) is 0. The topological polar surface area (TPSA) is 58.6 Å². The summed E-state index contributed by atoms with van der Waals surface area (Å²) in [6, 6.07) is 17.4. The van der Waals surface area contributed by atoms with Crippen molar-refractivity contribution in [2.75, 3.05) is 11.9 Å². The minimum Gasteiger partial charge on any atom is -0.483 e. The van der Waals surface area contributed by atoms with E-state index in [0.29, 0.717) is 24.0 Å². The molecule has 1 heterocycles. The molecule has 0 saturated carbocycles. The number of carbonyl (C=O) groups is 2. The molecule has 3 aromatic rings. The third kappa shape index (κ3) is 4.46. The molecule has 0 bridgehead atoms. The van der Waals surface area contributed by atoms with Crippen LogP contribution in [0.15, 0.2) is 66.7 Å². The molecule has 164 valence electrons. The molecule has 1 N–H and O–H groups in total. The lowest BCUT2D eigenvalue weighted by molar-refractivity contribution is -0.135. The zero-order chi connectivity index (χ0) is 22.7. The van der Waals surface area contributed by atoms with Crippen LogP contribution in [0.25, 0.3) is 0 Å². The average Bonchev–Trinajstić information content (AvgIpc) is 2.94. The Hall–Kier alpha value is -3.74. The van der Waals surface area contributed by atoms with Crippen LogP contribution in [0.2, 0.25) is 0 Å². The van der Waals surface area contributed by atoms with Crippen molar-refractivity contribution in [3.05, 3.63) is 95.1 Å². The summed E-state index contributed by atoms with van der Waals surface area (Å²) in [6.45, 7) is 2.24. The summed E-state index contributed by atoms with van der Waals surface area (Å²) < 4.78 is 32.8. The summed E-state index contributed by atoms with van der Waals surface area (Å²) in [5.41, 5.74) is 1.92. The van der Waals surface area contributed by atoms with E-state index in [1.165, 1.54) is 0 Å². The Bertz CT molecular complexity index is 1150. The molecule has 0 aliphatic carbocycles. The molecule has 0 radical (unpaired) electrons. The Morgan fingerprint density at radius 3 is 2.59 bits per heavy atom. The fraction of sp³-hybridized carbons (Fsp3) is 0.200. The van der Waals surface area contributed by atoms with E-state index >= 15 is 0 Å². The Morgan fingerprint density at radius 2 is 1.88 bits per heavy atom. The standard InChI is InChI=1S/C25H22F2N2O3/c1-2-22(16-6-4-3-5-7-16)29-14-17-12-19(9-11-23(17)32-15-24(29)30)28-25(31)20-10-8-18(26)13-21(20)27/h3-13,22H,2,14-15H2,1H3,(H,28,31)/t22-/m1/s1. The van der Waals surface area contributed by atoms with Gasteiger partial charge in [0.05, 0.1) is 18.2 Å². The minimum atomic E-state index is -0.939. The number of hydrogen-bond acceptors (Lipinski definition) is 3. The second-order valence-corrected chi connectivity index (χ2v) is 7.55. The van der Waals surface area contributed by atoms with Gasteiger partial charge in [0.25, 0.3) is 11.8 Å². The second kappa shape index (κ2) is 9.18. The maximum absolute atomic E-state index is 13.9. The number of carbonyl (C=O) groups excluding carboxylic acids is 2. The number of amides is 2. The van der Waals surface area contributed by atoms with Gasteiger partial charge >= 0.3 is 0 Å². The number of anilines is 1. The Labute approximate surface area is 184 Å². The molecule has 1 atom stereocenters. The zero-order valence-electron chi connectivity index (χ0n) is 17.5. The second-order valence-electron chi connectivity index (χ2n) is 7.55. The van der Waals surface area contributed by atoms with Crippen LogP contribution < -0.4 is 10.1 Å². The predicted octanol–water partition coefficient (Wildman–Crippen LogP) is 5.09. The van der Waals surface area contributed by atoms with Gasteiger partial charge in [-0.2, -0.15) is 0 Å². The van der Waals surface area contributed by atoms with E-state index in [4.69, 9.17) is 4.74 Å². The van der Waals surface area contributed by atoms with Crippen molar-refractivity contribution in [2.45, 2.75) is 25.9 Å². The van der Waals surface area contributed by atoms with Gasteiger partial charge in [-0.15, -0.1) is 0 Å². The van der Waals surface area contributed by atoms with Crippen molar-refractivity contribution in [1.29, 1.82) is 0 Å². The number of hydrogen-bond donors (Lipinski definition) is 1. The van der Waals surface area contributed by atoms with E-state index in [2.05, 4.69) is 5.32 Å². The lowest BCUT2D eigenvalue weighted by atomic mass is 10.0. The molecule has 0 fully saturated rings. The lowest BCUT2D eigenvalue weighted by Crippen LogP contribution is -2.35. The third-order valence-corrected chi connectivity index (χ3v) is 5.45. The van der Waals surface area contributed by atoms with Gasteiger partial charge < -0.3 is 15.0 Å². The smallest absolute Gasteiger partial charge is 0.261 e. The molecule has 1 aliphatic heterocycles. The van der Waals surface area contributed by atoms with E-state index in [-0.39, 0.29) is 24.1 Å². The molecule has 5 nitrogen and oxygen atoms in total. The first-order chi connectivity index (χ1) is 15.5. The van der Waals surface area contributed by atoms with Crippen LogP contribution in [-0.4, -0.2) is 23.3 Å². The van der Waals surface area contributed by atoms with Gasteiger partial charge in [-0.05, 0) is 42.3 Å². The summed E-state index contributed by atoms with van der Waals surface area (Å²) in [6.07, 6.45) is 0.728. The van der Waals surface area contributed by atoms with Crippen molar-refractivity contribution in [2.24, 2.45) is 0 Å². The molecule has 0 aromatic heterocycles. The molecular formula is C25H22F2N2O3. The highest BCUT2D eigenvalue weighted by Crippen LogP contribution is 2.32. The molecule has 3 aromatic carbocycles. The quantitative estimate of drug-likeness (QED) is 0.606. The van der Waals surface area contributed by atoms with E-state index in [0.717, 1.165) is 29.7 Å². The molecule has 1 aliphatic rings. The van der Waals surface area contributed by atoms with E-state index in [9.17, 15) is 18.4 Å². The number of nitrogens with zero attached hydrogens (tertiary/aromatic N) is 1. The van der Waals surface area contributed by atoms with Crippen molar-refractivity contribution in [3.8, 4) is 5.75 Å². The van der Waals surface area contributed by atoms with Crippen LogP contribution in [0.3, 0.4) is 0 Å². The summed E-state index contributed by atoms with van der Waals surface area (Å²) in [4.78, 5) is 27.1. The molecule has 7 heteroatoms. The zero-order valence-corrected chi connectivity index (χ0v) is 17.5. The van der Waals surface area contributed by atoms with Crippen LogP contribution in [-0.2, 0) is 11.3 Å². The summed E-state index contributed by atoms with van der Waals surface area (Å²) in [5, 5.41) is 2.63. The van der Waals surface area contributed by atoms with Gasteiger partial charge in [0.15, 0.2) is 6.61 Å². The summed E-state index contributed by atoms with van der Waals surface area (Å²) in [5.74, 6) is -1.97.